The van der Waals surface area contributed by atoms with Gasteiger partial charge in [0.2, 0.25) is 0 Å². The van der Waals surface area contributed by atoms with Crippen LogP contribution in [0.1, 0.15) is 16.1 Å². The van der Waals surface area contributed by atoms with Gasteiger partial charge in [-0.1, -0.05) is 18.2 Å². The minimum absolute atomic E-state index is 0.0505. The lowest BCUT2D eigenvalue weighted by Gasteiger charge is -2.34. The van der Waals surface area contributed by atoms with Gasteiger partial charge in [-0.3, -0.25) is 9.69 Å². The van der Waals surface area contributed by atoms with Gasteiger partial charge in [-0.25, -0.2) is 9.31 Å². The predicted molar refractivity (Wildman–Crippen MR) is 115 cm³/mol. The molecule has 4 aromatic rings. The number of benzene rings is 1. The van der Waals surface area contributed by atoms with Crippen molar-refractivity contribution in [3.63, 3.8) is 0 Å². The number of pyridine rings is 1. The number of amides is 1. The molecule has 1 amide bonds. The van der Waals surface area contributed by atoms with Gasteiger partial charge in [0.15, 0.2) is 11.3 Å². The third kappa shape index (κ3) is 3.66. The van der Waals surface area contributed by atoms with E-state index in [1.807, 2.05) is 28.9 Å². The quantitative estimate of drug-likeness (QED) is 0.474. The molecular formula is C23H22N4O4. The molecule has 0 aliphatic carbocycles. The van der Waals surface area contributed by atoms with Crippen molar-refractivity contribution < 1.29 is 13.9 Å². The fourth-order valence-corrected chi connectivity index (χ4v) is 4.00. The summed E-state index contributed by atoms with van der Waals surface area (Å²) in [5, 5.41) is 5.25. The molecule has 0 radical (unpaired) electrons. The molecular weight excluding hydrogens is 396 g/mol. The van der Waals surface area contributed by atoms with E-state index in [9.17, 15) is 9.59 Å². The van der Waals surface area contributed by atoms with E-state index in [0.717, 1.165) is 17.8 Å². The van der Waals surface area contributed by atoms with Crippen molar-refractivity contribution in [2.75, 3.05) is 33.3 Å². The summed E-state index contributed by atoms with van der Waals surface area (Å²) in [5.74, 6) is 0.167. The molecule has 0 unspecified atom stereocenters. The number of methoxy groups -OCH3 is 1. The number of carbonyl (C=O) groups is 1. The van der Waals surface area contributed by atoms with E-state index < -0.39 is 5.63 Å². The van der Waals surface area contributed by atoms with Gasteiger partial charge in [-0.15, -0.1) is 0 Å². The Morgan fingerprint density at radius 2 is 1.94 bits per heavy atom. The molecule has 0 saturated carbocycles. The Morgan fingerprint density at radius 1 is 1.10 bits per heavy atom. The third-order valence-electron chi connectivity index (χ3n) is 5.64. The molecule has 3 aromatic heterocycles. The number of aromatic nitrogens is 2. The molecule has 1 saturated heterocycles. The van der Waals surface area contributed by atoms with Crippen LogP contribution in [0.15, 0.2) is 63.9 Å². The number of carbonyl (C=O) groups excluding carboxylic acids is 1. The Balaban J connectivity index is 1.28. The summed E-state index contributed by atoms with van der Waals surface area (Å²) in [6.07, 6.45) is 1.93. The maximum Gasteiger partial charge on any atom is 0.349 e. The third-order valence-corrected chi connectivity index (χ3v) is 5.64. The van der Waals surface area contributed by atoms with Gasteiger partial charge in [0.25, 0.3) is 5.91 Å². The zero-order chi connectivity index (χ0) is 21.4. The van der Waals surface area contributed by atoms with Crippen molar-refractivity contribution in [3.8, 4) is 5.75 Å². The Hall–Kier alpha value is -3.65. The van der Waals surface area contributed by atoms with Gasteiger partial charge in [-0.2, -0.15) is 5.10 Å². The fraction of sp³-hybridized carbons (Fsp3) is 0.261. The lowest BCUT2D eigenvalue weighted by atomic mass is 10.1. The Morgan fingerprint density at radius 3 is 2.71 bits per heavy atom. The van der Waals surface area contributed by atoms with Gasteiger partial charge >= 0.3 is 5.63 Å². The molecule has 31 heavy (non-hydrogen) atoms. The zero-order valence-electron chi connectivity index (χ0n) is 17.2. The molecule has 0 bridgehead atoms. The number of ether oxygens (including phenoxy) is 1. The molecule has 1 aliphatic rings. The molecule has 8 heteroatoms. The molecule has 4 heterocycles. The smallest absolute Gasteiger partial charge is 0.349 e. The molecule has 8 nitrogen and oxygen atoms in total. The number of nitrogens with zero attached hydrogens (tertiary/aromatic N) is 4. The van der Waals surface area contributed by atoms with Gasteiger partial charge in [-0.05, 0) is 30.3 Å². The highest BCUT2D eigenvalue weighted by atomic mass is 16.5. The van der Waals surface area contributed by atoms with Crippen molar-refractivity contribution in [2.24, 2.45) is 0 Å². The van der Waals surface area contributed by atoms with Crippen LogP contribution < -0.4 is 10.4 Å². The second-order valence-corrected chi connectivity index (χ2v) is 7.60. The lowest BCUT2D eigenvalue weighted by molar-refractivity contribution is 0.0623. The summed E-state index contributed by atoms with van der Waals surface area (Å²) in [5.41, 5.74) is 1.81. The van der Waals surface area contributed by atoms with E-state index in [0.29, 0.717) is 42.9 Å². The second kappa shape index (κ2) is 7.88. The Bertz CT molecular complexity index is 1290. The summed E-state index contributed by atoms with van der Waals surface area (Å²) < 4.78 is 12.5. The van der Waals surface area contributed by atoms with Crippen molar-refractivity contribution in [3.05, 3.63) is 76.4 Å². The molecule has 0 N–H and O–H groups in total. The number of rotatable bonds is 4. The highest BCUT2D eigenvalue weighted by Crippen LogP contribution is 2.25. The normalized spacial score (nSPS) is 14.9. The highest BCUT2D eigenvalue weighted by Gasteiger charge is 2.25. The average Bonchev–Trinajstić information content (AvgIpc) is 3.20. The maximum atomic E-state index is 13.0. The van der Waals surface area contributed by atoms with E-state index in [4.69, 9.17) is 9.15 Å². The van der Waals surface area contributed by atoms with Crippen molar-refractivity contribution in [2.45, 2.75) is 6.54 Å². The summed E-state index contributed by atoms with van der Waals surface area (Å²) in [6.45, 7) is 3.24. The van der Waals surface area contributed by atoms with Crippen LogP contribution in [-0.2, 0) is 6.54 Å². The summed E-state index contributed by atoms with van der Waals surface area (Å²) in [4.78, 5) is 29.5. The largest absolute Gasteiger partial charge is 0.493 e. The molecule has 0 atom stereocenters. The van der Waals surface area contributed by atoms with Crippen LogP contribution in [0.2, 0.25) is 0 Å². The SMILES string of the molecule is COc1cccc2cc(C(=O)N3CCN(Cc4cc5ccccn5n4)CC3)c(=O)oc12. The molecule has 1 aromatic carbocycles. The first-order valence-electron chi connectivity index (χ1n) is 10.2. The van der Waals surface area contributed by atoms with Crippen molar-refractivity contribution in [1.82, 2.24) is 19.4 Å². The topological polar surface area (TPSA) is 80.3 Å². The van der Waals surface area contributed by atoms with Crippen LogP contribution in [-0.4, -0.2) is 58.6 Å². The first-order valence-corrected chi connectivity index (χ1v) is 10.2. The van der Waals surface area contributed by atoms with Gasteiger partial charge in [0.1, 0.15) is 5.56 Å². The van der Waals surface area contributed by atoms with E-state index >= 15 is 0 Å². The van der Waals surface area contributed by atoms with Crippen LogP contribution in [0.25, 0.3) is 16.5 Å². The van der Waals surface area contributed by atoms with Gasteiger partial charge in [0, 0.05) is 44.3 Å². The van der Waals surface area contributed by atoms with Crippen molar-refractivity contribution in [1.29, 1.82) is 0 Å². The number of para-hydroxylation sites is 1. The molecule has 1 aliphatic heterocycles. The van der Waals surface area contributed by atoms with E-state index in [2.05, 4.69) is 16.1 Å². The second-order valence-electron chi connectivity index (χ2n) is 7.60. The summed E-state index contributed by atoms with van der Waals surface area (Å²) in [7, 11) is 1.51. The van der Waals surface area contributed by atoms with E-state index in [-0.39, 0.29) is 11.5 Å². The fourth-order valence-electron chi connectivity index (χ4n) is 4.00. The summed E-state index contributed by atoms with van der Waals surface area (Å²) >= 11 is 0. The van der Waals surface area contributed by atoms with Gasteiger partial charge in [0.05, 0.1) is 18.3 Å². The molecule has 5 rings (SSSR count). The first kappa shape index (κ1) is 19.3. The summed E-state index contributed by atoms with van der Waals surface area (Å²) in [6, 6.07) is 14.9. The molecule has 158 valence electrons. The zero-order valence-corrected chi connectivity index (χ0v) is 17.2. The van der Waals surface area contributed by atoms with Crippen molar-refractivity contribution >= 4 is 22.4 Å². The number of piperazine rings is 1. The predicted octanol–water partition coefficient (Wildman–Crippen LogP) is 2.41. The number of hydrogen-bond acceptors (Lipinski definition) is 6. The van der Waals surface area contributed by atoms with Crippen LogP contribution in [0, 0.1) is 0 Å². The minimum Gasteiger partial charge on any atom is -0.493 e. The first-order chi connectivity index (χ1) is 15.1. The Labute approximate surface area is 178 Å². The van der Waals surface area contributed by atoms with Gasteiger partial charge < -0.3 is 14.1 Å². The minimum atomic E-state index is -0.644. The van der Waals surface area contributed by atoms with E-state index in [1.165, 1.54) is 7.11 Å². The van der Waals surface area contributed by atoms with Crippen LogP contribution in [0.5, 0.6) is 5.75 Å². The van der Waals surface area contributed by atoms with Crippen LogP contribution in [0.4, 0.5) is 0 Å². The Kier molecular flexibility index (Phi) is 4.91. The number of fused-ring (bicyclic) bond motifs is 2. The van der Waals surface area contributed by atoms with Crippen LogP contribution >= 0.6 is 0 Å². The monoisotopic (exact) mass is 418 g/mol. The van der Waals surface area contributed by atoms with Crippen LogP contribution in [0.3, 0.4) is 0 Å². The molecule has 1 fully saturated rings. The highest BCUT2D eigenvalue weighted by molar-refractivity contribution is 5.97. The average molecular weight is 418 g/mol. The maximum absolute atomic E-state index is 13.0. The lowest BCUT2D eigenvalue weighted by Crippen LogP contribution is -2.49. The number of hydrogen-bond donors (Lipinski definition) is 0. The molecule has 0 spiro atoms. The standard InChI is InChI=1S/C23H22N4O4/c1-30-20-7-4-5-16-13-19(23(29)31-21(16)20)22(28)26-11-9-25(10-12-26)15-17-14-18-6-2-3-8-27(18)24-17/h2-8,13-14H,9-12,15H2,1H3. The van der Waals surface area contributed by atoms with E-state index in [1.54, 1.807) is 29.2 Å².